The number of thioether (sulfide) groups is 1. The lowest BCUT2D eigenvalue weighted by Crippen LogP contribution is -2.31. The van der Waals surface area contributed by atoms with Crippen molar-refractivity contribution in [3.63, 3.8) is 0 Å². The maximum atomic E-state index is 11.7. The monoisotopic (exact) mass is 300 g/mol. The number of hydrogen-bond donors (Lipinski definition) is 2. The highest BCUT2D eigenvalue weighted by molar-refractivity contribution is 7.99. The molecule has 1 saturated heterocycles. The number of amides is 1. The van der Waals surface area contributed by atoms with E-state index < -0.39 is 0 Å². The Balaban J connectivity index is 1.94. The molecule has 1 aromatic heterocycles. The summed E-state index contributed by atoms with van der Waals surface area (Å²) < 4.78 is 7.07. The summed E-state index contributed by atoms with van der Waals surface area (Å²) in [6.07, 6.45) is 2.04. The second kappa shape index (κ2) is 6.94. The van der Waals surface area contributed by atoms with Gasteiger partial charge in [0.05, 0.1) is 18.4 Å². The summed E-state index contributed by atoms with van der Waals surface area (Å²) >= 11 is 1.25. The quantitative estimate of drug-likeness (QED) is 0.741. The summed E-state index contributed by atoms with van der Waals surface area (Å²) in [5, 5.41) is 9.72. The van der Waals surface area contributed by atoms with E-state index in [2.05, 4.69) is 15.5 Å². The number of H-pyrrole nitrogens is 1. The van der Waals surface area contributed by atoms with Gasteiger partial charge in [0.25, 0.3) is 0 Å². The highest BCUT2D eigenvalue weighted by Crippen LogP contribution is 2.17. The second-order valence-electron chi connectivity index (χ2n) is 5.07. The molecule has 0 aromatic carbocycles. The predicted molar refractivity (Wildman–Crippen MR) is 75.8 cm³/mol. The average molecular weight is 300 g/mol. The Bertz CT molecular complexity index is 505. The van der Waals surface area contributed by atoms with E-state index in [0.29, 0.717) is 11.7 Å². The molecular formula is C12H20N4O3S. The minimum atomic E-state index is -0.257. The molecule has 0 spiro atoms. The van der Waals surface area contributed by atoms with Gasteiger partial charge in [-0.3, -0.25) is 9.36 Å². The summed E-state index contributed by atoms with van der Waals surface area (Å²) in [4.78, 5) is 23.3. The van der Waals surface area contributed by atoms with Crippen LogP contribution < -0.4 is 11.0 Å². The summed E-state index contributed by atoms with van der Waals surface area (Å²) in [6, 6.07) is 0.108. The van der Waals surface area contributed by atoms with Gasteiger partial charge in [-0.25, -0.2) is 9.89 Å². The van der Waals surface area contributed by atoms with Crippen LogP contribution in [0.3, 0.4) is 0 Å². The van der Waals surface area contributed by atoms with Gasteiger partial charge >= 0.3 is 5.69 Å². The fourth-order valence-corrected chi connectivity index (χ4v) is 2.83. The number of aromatic amines is 1. The average Bonchev–Trinajstić information content (AvgIpc) is 2.99. The summed E-state index contributed by atoms with van der Waals surface area (Å²) in [6.45, 7) is 5.05. The second-order valence-corrected chi connectivity index (χ2v) is 6.01. The normalized spacial score (nSPS) is 18.6. The molecule has 1 aromatic rings. The third-order valence-corrected chi connectivity index (χ3v) is 3.89. The number of hydrogen-bond acceptors (Lipinski definition) is 5. The van der Waals surface area contributed by atoms with Crippen LogP contribution in [-0.4, -0.2) is 45.2 Å². The Morgan fingerprint density at radius 1 is 1.65 bits per heavy atom. The summed E-state index contributed by atoms with van der Waals surface area (Å²) in [7, 11) is 0. The lowest BCUT2D eigenvalue weighted by Gasteiger charge is -2.11. The Labute approximate surface area is 121 Å². The van der Waals surface area contributed by atoms with Gasteiger partial charge < -0.3 is 10.1 Å². The van der Waals surface area contributed by atoms with Crippen molar-refractivity contribution in [2.75, 3.05) is 12.4 Å². The molecule has 2 N–H and O–H groups in total. The number of carbonyl (C=O) groups excluding carboxylic acids is 1. The van der Waals surface area contributed by atoms with Crippen LogP contribution in [0.15, 0.2) is 9.95 Å². The van der Waals surface area contributed by atoms with E-state index >= 15 is 0 Å². The smallest absolute Gasteiger partial charge is 0.344 e. The molecule has 2 rings (SSSR count). The molecule has 0 unspecified atom stereocenters. The van der Waals surface area contributed by atoms with Gasteiger partial charge in [0, 0.05) is 12.6 Å². The van der Waals surface area contributed by atoms with Crippen molar-refractivity contribution < 1.29 is 9.53 Å². The zero-order valence-electron chi connectivity index (χ0n) is 11.7. The first-order chi connectivity index (χ1) is 9.56. The first-order valence-electron chi connectivity index (χ1n) is 6.75. The third-order valence-electron chi connectivity index (χ3n) is 2.92. The Morgan fingerprint density at radius 2 is 2.45 bits per heavy atom. The number of nitrogens with zero attached hydrogens (tertiary/aromatic N) is 2. The topological polar surface area (TPSA) is 89.0 Å². The molecule has 112 valence electrons. The predicted octanol–water partition coefficient (Wildman–Crippen LogP) is 0.367. The minimum absolute atomic E-state index is 0.0640. The molecule has 1 fully saturated rings. The molecule has 1 aliphatic rings. The minimum Gasteiger partial charge on any atom is -0.376 e. The van der Waals surface area contributed by atoms with Crippen molar-refractivity contribution in [2.24, 2.45) is 0 Å². The van der Waals surface area contributed by atoms with Crippen molar-refractivity contribution in [1.29, 1.82) is 0 Å². The molecule has 0 bridgehead atoms. The molecule has 0 saturated carbocycles. The lowest BCUT2D eigenvalue weighted by molar-refractivity contribution is -0.119. The highest BCUT2D eigenvalue weighted by Gasteiger charge is 2.20. The van der Waals surface area contributed by atoms with Gasteiger partial charge in [-0.15, -0.1) is 5.10 Å². The highest BCUT2D eigenvalue weighted by atomic mass is 32.2. The van der Waals surface area contributed by atoms with Crippen molar-refractivity contribution in [2.45, 2.75) is 50.5 Å². The van der Waals surface area contributed by atoms with Crippen LogP contribution in [0.2, 0.25) is 0 Å². The molecule has 2 heterocycles. The molecule has 0 aliphatic carbocycles. The standard InChI is InChI=1S/C12H20N4O3S/c1-8(2)13-10(17)7-20-12-15-14-11(18)16(12)6-9-4-3-5-19-9/h8-9H,3-7H2,1-2H3,(H,13,17)(H,14,18)/t9-/m0/s1. The van der Waals surface area contributed by atoms with E-state index in [-0.39, 0.29) is 29.5 Å². The van der Waals surface area contributed by atoms with Crippen molar-refractivity contribution in [3.8, 4) is 0 Å². The van der Waals surface area contributed by atoms with E-state index in [1.165, 1.54) is 11.8 Å². The zero-order chi connectivity index (χ0) is 14.5. The molecule has 1 atom stereocenters. The van der Waals surface area contributed by atoms with Crippen molar-refractivity contribution >= 4 is 17.7 Å². The third kappa shape index (κ3) is 4.11. The van der Waals surface area contributed by atoms with Crippen LogP contribution in [0.1, 0.15) is 26.7 Å². The van der Waals surface area contributed by atoms with E-state index in [1.54, 1.807) is 4.57 Å². The molecule has 20 heavy (non-hydrogen) atoms. The Morgan fingerprint density at radius 3 is 3.10 bits per heavy atom. The number of nitrogens with one attached hydrogen (secondary N) is 2. The van der Waals surface area contributed by atoms with Gasteiger partial charge in [0.15, 0.2) is 5.16 Å². The van der Waals surface area contributed by atoms with Crippen LogP contribution >= 0.6 is 11.8 Å². The first kappa shape index (κ1) is 15.1. The van der Waals surface area contributed by atoms with Gasteiger partial charge in [-0.05, 0) is 26.7 Å². The molecule has 1 amide bonds. The van der Waals surface area contributed by atoms with Crippen LogP contribution in [0.5, 0.6) is 0 Å². The SMILES string of the molecule is CC(C)NC(=O)CSc1n[nH]c(=O)n1C[C@@H]1CCCO1. The molecular weight excluding hydrogens is 280 g/mol. The van der Waals surface area contributed by atoms with E-state index in [9.17, 15) is 9.59 Å². The molecule has 1 aliphatic heterocycles. The van der Waals surface area contributed by atoms with Crippen LogP contribution in [0.25, 0.3) is 0 Å². The first-order valence-corrected chi connectivity index (χ1v) is 7.74. The molecule has 8 heteroatoms. The van der Waals surface area contributed by atoms with Gasteiger partial charge in [0.2, 0.25) is 5.91 Å². The maximum absolute atomic E-state index is 11.7. The largest absolute Gasteiger partial charge is 0.376 e. The fourth-order valence-electron chi connectivity index (χ4n) is 2.06. The van der Waals surface area contributed by atoms with Gasteiger partial charge in [0.1, 0.15) is 0 Å². The number of carbonyl (C=O) groups is 1. The summed E-state index contributed by atoms with van der Waals surface area (Å²) in [5.74, 6) is 0.178. The van der Waals surface area contributed by atoms with Crippen LogP contribution in [0, 0.1) is 0 Å². The Kier molecular flexibility index (Phi) is 5.24. The van der Waals surface area contributed by atoms with Crippen LogP contribution in [-0.2, 0) is 16.1 Å². The summed E-state index contributed by atoms with van der Waals surface area (Å²) in [5.41, 5.74) is -0.257. The van der Waals surface area contributed by atoms with Crippen molar-refractivity contribution in [1.82, 2.24) is 20.1 Å². The van der Waals surface area contributed by atoms with E-state index in [1.807, 2.05) is 13.8 Å². The lowest BCUT2D eigenvalue weighted by atomic mass is 10.2. The molecule has 7 nitrogen and oxygen atoms in total. The molecule has 0 radical (unpaired) electrons. The van der Waals surface area contributed by atoms with Crippen LogP contribution in [0.4, 0.5) is 0 Å². The number of ether oxygens (including phenoxy) is 1. The van der Waals surface area contributed by atoms with Gasteiger partial charge in [-0.1, -0.05) is 11.8 Å². The number of aromatic nitrogens is 3. The van der Waals surface area contributed by atoms with E-state index in [4.69, 9.17) is 4.74 Å². The number of rotatable bonds is 6. The van der Waals surface area contributed by atoms with Crippen molar-refractivity contribution in [3.05, 3.63) is 10.5 Å². The van der Waals surface area contributed by atoms with E-state index in [0.717, 1.165) is 19.4 Å². The maximum Gasteiger partial charge on any atom is 0.344 e. The fraction of sp³-hybridized carbons (Fsp3) is 0.750. The van der Waals surface area contributed by atoms with Gasteiger partial charge in [-0.2, -0.15) is 0 Å². The zero-order valence-corrected chi connectivity index (χ0v) is 12.5. The Hall–Kier alpha value is -1.28.